The zero-order chi connectivity index (χ0) is 20.5. The SMILES string of the molecule is CC(C)CC(C)(COc1ccc2c(c1F)COc1cnc(Br)cc1-2)NC(=O)O. The van der Waals surface area contributed by atoms with Crippen molar-refractivity contribution in [2.24, 2.45) is 5.92 Å². The molecule has 8 heteroatoms. The molecule has 1 unspecified atom stereocenters. The Kier molecular flexibility index (Phi) is 5.79. The van der Waals surface area contributed by atoms with Crippen LogP contribution >= 0.6 is 15.9 Å². The van der Waals surface area contributed by atoms with E-state index in [-0.39, 0.29) is 24.9 Å². The maximum absolute atomic E-state index is 15.1. The summed E-state index contributed by atoms with van der Waals surface area (Å²) in [5, 5.41) is 11.6. The van der Waals surface area contributed by atoms with Gasteiger partial charge in [0, 0.05) is 11.1 Å². The zero-order valence-corrected chi connectivity index (χ0v) is 17.5. The second kappa shape index (κ2) is 7.95. The molecule has 0 fully saturated rings. The summed E-state index contributed by atoms with van der Waals surface area (Å²) in [5.41, 5.74) is 1.05. The Balaban J connectivity index is 1.86. The van der Waals surface area contributed by atoms with Gasteiger partial charge < -0.3 is 19.9 Å². The molecule has 0 bridgehead atoms. The molecular formula is C20H22BrFN2O4. The fourth-order valence-corrected chi connectivity index (χ4v) is 3.87. The highest BCUT2D eigenvalue weighted by Gasteiger charge is 2.30. The van der Waals surface area contributed by atoms with Gasteiger partial charge in [-0.05, 0) is 59.0 Å². The number of hydrogen-bond acceptors (Lipinski definition) is 4. The van der Waals surface area contributed by atoms with E-state index in [0.717, 1.165) is 11.1 Å². The van der Waals surface area contributed by atoms with E-state index in [1.165, 1.54) is 0 Å². The standard InChI is InChI=1S/C20H22BrFN2O4/c1-11(2)7-20(3,24-19(25)26)10-28-15-5-4-12-13-6-17(21)23-8-16(13)27-9-14(12)18(15)22/h4-6,8,11,24H,7,9-10H2,1-3H3,(H,25,26). The average molecular weight is 453 g/mol. The predicted octanol–water partition coefficient (Wildman–Crippen LogP) is 4.99. The highest BCUT2D eigenvalue weighted by atomic mass is 79.9. The van der Waals surface area contributed by atoms with Gasteiger partial charge in [0.1, 0.15) is 23.6 Å². The normalized spacial score (nSPS) is 14.5. The molecule has 6 nitrogen and oxygen atoms in total. The molecule has 1 amide bonds. The molecule has 2 aromatic rings. The molecule has 28 heavy (non-hydrogen) atoms. The van der Waals surface area contributed by atoms with Crippen molar-refractivity contribution < 1.29 is 23.8 Å². The zero-order valence-electron chi connectivity index (χ0n) is 15.9. The molecule has 1 aromatic carbocycles. The molecule has 1 atom stereocenters. The lowest BCUT2D eigenvalue weighted by atomic mass is 9.91. The van der Waals surface area contributed by atoms with Gasteiger partial charge in [-0.25, -0.2) is 14.2 Å². The van der Waals surface area contributed by atoms with Crippen molar-refractivity contribution in [3.63, 3.8) is 0 Å². The van der Waals surface area contributed by atoms with Gasteiger partial charge in [-0.2, -0.15) is 0 Å². The maximum Gasteiger partial charge on any atom is 0.405 e. The van der Waals surface area contributed by atoms with Crippen LogP contribution in [0.1, 0.15) is 32.8 Å². The van der Waals surface area contributed by atoms with Crippen LogP contribution in [0, 0.1) is 11.7 Å². The van der Waals surface area contributed by atoms with Crippen molar-refractivity contribution in [1.82, 2.24) is 10.3 Å². The number of nitrogens with one attached hydrogen (secondary N) is 1. The third-order valence-corrected chi connectivity index (χ3v) is 4.95. The van der Waals surface area contributed by atoms with Crippen LogP contribution < -0.4 is 14.8 Å². The van der Waals surface area contributed by atoms with E-state index in [0.29, 0.717) is 22.3 Å². The summed E-state index contributed by atoms with van der Waals surface area (Å²) >= 11 is 3.32. The van der Waals surface area contributed by atoms with Crippen LogP contribution in [0.5, 0.6) is 11.5 Å². The second-order valence-electron chi connectivity index (χ2n) is 7.57. The molecule has 2 N–H and O–H groups in total. The van der Waals surface area contributed by atoms with Crippen LogP contribution in [0.15, 0.2) is 29.0 Å². The van der Waals surface area contributed by atoms with Crippen LogP contribution in [-0.4, -0.2) is 28.3 Å². The van der Waals surface area contributed by atoms with Gasteiger partial charge in [-0.15, -0.1) is 0 Å². The molecule has 0 aliphatic carbocycles. The number of carbonyl (C=O) groups is 1. The minimum Gasteiger partial charge on any atom is -0.488 e. The fraction of sp³-hybridized carbons (Fsp3) is 0.400. The Morgan fingerprint density at radius 2 is 2.21 bits per heavy atom. The van der Waals surface area contributed by atoms with Crippen molar-refractivity contribution in [1.29, 1.82) is 0 Å². The number of benzene rings is 1. The number of nitrogens with zero attached hydrogens (tertiary/aromatic N) is 1. The molecule has 1 aromatic heterocycles. The topological polar surface area (TPSA) is 80.7 Å². The van der Waals surface area contributed by atoms with Crippen LogP contribution in [-0.2, 0) is 6.61 Å². The Morgan fingerprint density at radius 1 is 1.46 bits per heavy atom. The van der Waals surface area contributed by atoms with Gasteiger partial charge in [0.05, 0.1) is 11.7 Å². The molecule has 1 aliphatic rings. The molecular weight excluding hydrogens is 431 g/mol. The first kappa shape index (κ1) is 20.4. The Hall–Kier alpha value is -2.35. The lowest BCUT2D eigenvalue weighted by Crippen LogP contribution is -2.50. The first-order valence-electron chi connectivity index (χ1n) is 8.92. The molecule has 3 rings (SSSR count). The van der Waals surface area contributed by atoms with E-state index in [4.69, 9.17) is 14.6 Å². The maximum atomic E-state index is 15.1. The minimum atomic E-state index is -1.14. The van der Waals surface area contributed by atoms with Crippen LogP contribution in [0.25, 0.3) is 11.1 Å². The number of fused-ring (bicyclic) bond motifs is 3. The van der Waals surface area contributed by atoms with Gasteiger partial charge in [-0.3, -0.25) is 0 Å². The summed E-state index contributed by atoms with van der Waals surface area (Å²) in [4.78, 5) is 15.3. The van der Waals surface area contributed by atoms with Crippen molar-refractivity contribution in [2.45, 2.75) is 39.3 Å². The quantitative estimate of drug-likeness (QED) is 0.603. The summed E-state index contributed by atoms with van der Waals surface area (Å²) in [6.07, 6.45) is 1.02. The number of amides is 1. The molecule has 150 valence electrons. The molecule has 0 saturated heterocycles. The van der Waals surface area contributed by atoms with Crippen LogP contribution in [0.4, 0.5) is 9.18 Å². The third-order valence-electron chi connectivity index (χ3n) is 4.52. The van der Waals surface area contributed by atoms with E-state index >= 15 is 4.39 Å². The monoisotopic (exact) mass is 452 g/mol. The highest BCUT2D eigenvalue weighted by Crippen LogP contribution is 2.41. The number of aromatic nitrogens is 1. The largest absolute Gasteiger partial charge is 0.488 e. The van der Waals surface area contributed by atoms with Crippen molar-refractivity contribution >= 4 is 22.0 Å². The van der Waals surface area contributed by atoms with E-state index in [9.17, 15) is 4.79 Å². The lowest BCUT2D eigenvalue weighted by Gasteiger charge is -2.31. The van der Waals surface area contributed by atoms with Gasteiger partial charge in [0.25, 0.3) is 0 Å². The second-order valence-corrected chi connectivity index (χ2v) is 8.39. The van der Waals surface area contributed by atoms with Gasteiger partial charge >= 0.3 is 6.09 Å². The Labute approximate surface area is 171 Å². The lowest BCUT2D eigenvalue weighted by molar-refractivity contribution is 0.141. The van der Waals surface area contributed by atoms with E-state index in [1.54, 1.807) is 31.3 Å². The summed E-state index contributed by atoms with van der Waals surface area (Å²) in [7, 11) is 0. The van der Waals surface area contributed by atoms with E-state index < -0.39 is 17.4 Å². The number of halogens is 2. The Morgan fingerprint density at radius 3 is 2.89 bits per heavy atom. The van der Waals surface area contributed by atoms with E-state index in [2.05, 4.69) is 26.2 Å². The molecule has 0 spiro atoms. The summed E-state index contributed by atoms with van der Waals surface area (Å²) in [6.45, 7) is 5.82. The number of rotatable bonds is 6. The summed E-state index contributed by atoms with van der Waals surface area (Å²) < 4.78 is 27.0. The molecule has 1 aliphatic heterocycles. The number of ether oxygens (including phenoxy) is 2. The van der Waals surface area contributed by atoms with E-state index in [1.807, 2.05) is 13.8 Å². The molecule has 0 radical (unpaired) electrons. The predicted molar refractivity (Wildman–Crippen MR) is 106 cm³/mol. The third kappa shape index (κ3) is 4.38. The average Bonchev–Trinajstić information content (AvgIpc) is 2.59. The minimum absolute atomic E-state index is 0.0140. The van der Waals surface area contributed by atoms with Gasteiger partial charge in [0.15, 0.2) is 11.6 Å². The van der Waals surface area contributed by atoms with Gasteiger partial charge in [0.2, 0.25) is 0 Å². The molecule has 2 heterocycles. The van der Waals surface area contributed by atoms with Crippen molar-refractivity contribution in [3.05, 3.63) is 40.4 Å². The smallest absolute Gasteiger partial charge is 0.405 e. The summed E-state index contributed by atoms with van der Waals surface area (Å²) in [5.74, 6) is 0.407. The Bertz CT molecular complexity index is 906. The van der Waals surface area contributed by atoms with Crippen molar-refractivity contribution in [2.75, 3.05) is 6.61 Å². The molecule has 0 saturated carbocycles. The number of hydrogen-bond donors (Lipinski definition) is 2. The van der Waals surface area contributed by atoms with Crippen molar-refractivity contribution in [3.8, 4) is 22.6 Å². The first-order chi connectivity index (χ1) is 13.2. The highest BCUT2D eigenvalue weighted by molar-refractivity contribution is 9.10. The first-order valence-corrected chi connectivity index (χ1v) is 9.72. The summed E-state index contributed by atoms with van der Waals surface area (Å²) in [6, 6.07) is 5.13. The number of carboxylic acid groups (broad SMARTS) is 1. The van der Waals surface area contributed by atoms with Crippen LogP contribution in [0.2, 0.25) is 0 Å². The fourth-order valence-electron chi connectivity index (χ4n) is 3.54. The van der Waals surface area contributed by atoms with Gasteiger partial charge in [-0.1, -0.05) is 13.8 Å². The number of pyridine rings is 1. The van der Waals surface area contributed by atoms with Crippen LogP contribution in [0.3, 0.4) is 0 Å².